The highest BCUT2D eigenvalue weighted by Crippen LogP contribution is 2.44. The number of para-hydroxylation sites is 1. The molecule has 3 aromatic carbocycles. The van der Waals surface area contributed by atoms with Gasteiger partial charge in [-0.15, -0.1) is 0 Å². The van der Waals surface area contributed by atoms with Gasteiger partial charge in [0.25, 0.3) is 5.91 Å². The molecule has 0 fully saturated rings. The third-order valence-electron chi connectivity index (χ3n) is 7.11. The lowest BCUT2D eigenvalue weighted by atomic mass is 9.85. The minimum absolute atomic E-state index is 0.228. The molecule has 0 bridgehead atoms. The van der Waals surface area contributed by atoms with E-state index < -0.39 is 11.5 Å². The normalized spacial score (nSPS) is 18.7. The van der Waals surface area contributed by atoms with Crippen molar-refractivity contribution in [3.63, 3.8) is 0 Å². The molecule has 0 spiro atoms. The fraction of sp³-hybridized carbons (Fsp3) is 0.310. The van der Waals surface area contributed by atoms with Crippen LogP contribution in [0.2, 0.25) is 0 Å². The number of rotatable bonds is 7. The van der Waals surface area contributed by atoms with E-state index in [0.29, 0.717) is 28.3 Å². The van der Waals surface area contributed by atoms with Crippen LogP contribution in [0.3, 0.4) is 0 Å². The number of nitrogens with zero attached hydrogens (tertiary/aromatic N) is 1. The third-order valence-corrected chi connectivity index (χ3v) is 7.11. The minimum Gasteiger partial charge on any atom is -0.493 e. The Morgan fingerprint density at radius 1 is 0.943 bits per heavy atom. The maximum absolute atomic E-state index is 13.6. The predicted octanol–water partition coefficient (Wildman–Crippen LogP) is 4.59. The number of aryl methyl sites for hydroxylation is 2. The summed E-state index contributed by atoms with van der Waals surface area (Å²) >= 11 is 0. The number of Topliss-reactive ketones (excluding diaryl/α,β-unsaturated/α-hetero) is 1. The van der Waals surface area contributed by atoms with Crippen LogP contribution in [0.25, 0.3) is 0 Å². The SMILES string of the molecule is COc1ccc(CN2C(=O)[C@](O)(CC(=O)c3ccc4c(c3)CCCC4)c3ccccc32)cc1OC. The second kappa shape index (κ2) is 9.19. The van der Waals surface area contributed by atoms with Crippen molar-refractivity contribution in [3.05, 3.63) is 88.5 Å². The van der Waals surface area contributed by atoms with E-state index in [4.69, 9.17) is 9.47 Å². The van der Waals surface area contributed by atoms with E-state index in [0.717, 1.165) is 24.8 Å². The Balaban J connectivity index is 1.44. The lowest BCUT2D eigenvalue weighted by molar-refractivity contribution is -0.136. The summed E-state index contributed by atoms with van der Waals surface area (Å²) in [6, 6.07) is 18.3. The Labute approximate surface area is 205 Å². The van der Waals surface area contributed by atoms with Crippen molar-refractivity contribution in [2.24, 2.45) is 0 Å². The van der Waals surface area contributed by atoms with E-state index in [1.807, 2.05) is 36.4 Å². The second-order valence-corrected chi connectivity index (χ2v) is 9.25. The van der Waals surface area contributed by atoms with Crippen LogP contribution in [-0.4, -0.2) is 31.0 Å². The number of anilines is 1. The molecule has 0 aromatic heterocycles. The van der Waals surface area contributed by atoms with Crippen LogP contribution >= 0.6 is 0 Å². The molecule has 35 heavy (non-hydrogen) atoms. The van der Waals surface area contributed by atoms with Gasteiger partial charge in [0.05, 0.1) is 32.9 Å². The summed E-state index contributed by atoms with van der Waals surface area (Å²) in [6.45, 7) is 0.228. The van der Waals surface area contributed by atoms with Gasteiger partial charge in [-0.25, -0.2) is 0 Å². The number of hydrogen-bond acceptors (Lipinski definition) is 5. The van der Waals surface area contributed by atoms with E-state index in [9.17, 15) is 14.7 Å². The Morgan fingerprint density at radius 3 is 2.46 bits per heavy atom. The zero-order valence-electron chi connectivity index (χ0n) is 20.0. The van der Waals surface area contributed by atoms with Gasteiger partial charge in [-0.3, -0.25) is 9.59 Å². The molecular formula is C29H29NO5. The molecular weight excluding hydrogens is 442 g/mol. The van der Waals surface area contributed by atoms with E-state index in [1.54, 1.807) is 38.5 Å². The molecule has 0 saturated carbocycles. The molecule has 1 aliphatic heterocycles. The monoisotopic (exact) mass is 471 g/mol. The Bertz CT molecular complexity index is 1300. The Morgan fingerprint density at radius 2 is 1.69 bits per heavy atom. The number of fused-ring (bicyclic) bond motifs is 2. The van der Waals surface area contributed by atoms with Crippen molar-refractivity contribution < 1.29 is 24.2 Å². The van der Waals surface area contributed by atoms with Crippen LogP contribution in [0.5, 0.6) is 11.5 Å². The van der Waals surface area contributed by atoms with Crippen molar-refractivity contribution >= 4 is 17.4 Å². The molecule has 2 aliphatic rings. The Hall–Kier alpha value is -3.64. The van der Waals surface area contributed by atoms with Crippen LogP contribution in [0.15, 0.2) is 60.7 Å². The van der Waals surface area contributed by atoms with Gasteiger partial charge in [-0.05, 0) is 66.6 Å². The van der Waals surface area contributed by atoms with E-state index >= 15 is 0 Å². The molecule has 6 nitrogen and oxygen atoms in total. The standard InChI is InChI=1S/C29H29NO5/c1-34-26-14-11-19(15-27(26)35-2)18-30-24-10-6-5-9-23(24)29(33,28(30)32)17-25(31)22-13-12-20-7-3-4-8-21(20)16-22/h5-6,9-16,33H,3-4,7-8,17-18H2,1-2H3/t29-/m0/s1. The van der Waals surface area contributed by atoms with Gasteiger partial charge in [0.15, 0.2) is 22.9 Å². The number of aliphatic hydroxyl groups is 1. The van der Waals surface area contributed by atoms with Crippen LogP contribution in [0.1, 0.15) is 51.9 Å². The highest BCUT2D eigenvalue weighted by Gasteiger charge is 2.50. The van der Waals surface area contributed by atoms with Crippen molar-refractivity contribution in [1.82, 2.24) is 0 Å². The van der Waals surface area contributed by atoms with Crippen LogP contribution in [0, 0.1) is 0 Å². The zero-order valence-corrected chi connectivity index (χ0v) is 20.0. The van der Waals surface area contributed by atoms with Gasteiger partial charge in [0.1, 0.15) is 0 Å². The predicted molar refractivity (Wildman–Crippen MR) is 133 cm³/mol. The molecule has 5 rings (SSSR count). The summed E-state index contributed by atoms with van der Waals surface area (Å²) in [7, 11) is 3.13. The van der Waals surface area contributed by atoms with E-state index in [1.165, 1.54) is 22.4 Å². The van der Waals surface area contributed by atoms with Gasteiger partial charge in [0.2, 0.25) is 0 Å². The van der Waals surface area contributed by atoms with Crippen LogP contribution in [-0.2, 0) is 29.8 Å². The molecule has 1 N–H and O–H groups in total. The molecule has 1 aliphatic carbocycles. The average molecular weight is 472 g/mol. The van der Waals surface area contributed by atoms with E-state index in [2.05, 4.69) is 0 Å². The smallest absolute Gasteiger partial charge is 0.264 e. The number of methoxy groups -OCH3 is 2. The molecule has 3 aromatic rings. The molecule has 180 valence electrons. The first kappa shape index (κ1) is 23.1. The molecule has 1 heterocycles. The fourth-order valence-corrected chi connectivity index (χ4v) is 5.24. The molecule has 0 unspecified atom stereocenters. The van der Waals surface area contributed by atoms with Crippen molar-refractivity contribution in [3.8, 4) is 11.5 Å². The summed E-state index contributed by atoms with van der Waals surface area (Å²) in [4.78, 5) is 28.5. The largest absolute Gasteiger partial charge is 0.493 e. The zero-order chi connectivity index (χ0) is 24.6. The first-order chi connectivity index (χ1) is 16.9. The van der Waals surface area contributed by atoms with Crippen molar-refractivity contribution in [2.45, 2.75) is 44.2 Å². The minimum atomic E-state index is -1.92. The lowest BCUT2D eigenvalue weighted by Crippen LogP contribution is -2.41. The van der Waals surface area contributed by atoms with Crippen LogP contribution < -0.4 is 14.4 Å². The molecule has 1 amide bonds. The summed E-state index contributed by atoms with van der Waals surface area (Å²) < 4.78 is 10.7. The van der Waals surface area contributed by atoms with Gasteiger partial charge in [-0.2, -0.15) is 0 Å². The number of ether oxygens (including phenoxy) is 2. The molecule has 6 heteroatoms. The second-order valence-electron chi connectivity index (χ2n) is 9.25. The molecule has 0 radical (unpaired) electrons. The molecule has 0 saturated heterocycles. The van der Waals surface area contributed by atoms with Gasteiger partial charge < -0.3 is 19.5 Å². The number of hydrogen-bond donors (Lipinski definition) is 1. The van der Waals surface area contributed by atoms with Crippen molar-refractivity contribution in [1.29, 1.82) is 0 Å². The molecule has 1 atom stereocenters. The third kappa shape index (κ3) is 4.08. The van der Waals surface area contributed by atoms with Gasteiger partial charge in [0, 0.05) is 11.1 Å². The highest BCUT2D eigenvalue weighted by molar-refractivity contribution is 6.10. The average Bonchev–Trinajstić information content (AvgIpc) is 3.10. The summed E-state index contributed by atoms with van der Waals surface area (Å²) in [6.07, 6.45) is 3.98. The summed E-state index contributed by atoms with van der Waals surface area (Å²) in [5, 5.41) is 11.7. The number of ketones is 1. The van der Waals surface area contributed by atoms with Crippen LogP contribution in [0.4, 0.5) is 5.69 Å². The van der Waals surface area contributed by atoms with Crippen molar-refractivity contribution in [2.75, 3.05) is 19.1 Å². The number of carbonyl (C=O) groups excluding carboxylic acids is 2. The topological polar surface area (TPSA) is 76.1 Å². The quantitative estimate of drug-likeness (QED) is 0.510. The first-order valence-electron chi connectivity index (χ1n) is 11.9. The lowest BCUT2D eigenvalue weighted by Gasteiger charge is -2.23. The fourth-order valence-electron chi connectivity index (χ4n) is 5.24. The summed E-state index contributed by atoms with van der Waals surface area (Å²) in [5.41, 5.74) is 2.99. The Kier molecular flexibility index (Phi) is 6.07. The number of carbonyl (C=O) groups is 2. The van der Waals surface area contributed by atoms with Gasteiger partial charge >= 0.3 is 0 Å². The maximum atomic E-state index is 13.6. The van der Waals surface area contributed by atoms with Gasteiger partial charge in [-0.1, -0.05) is 36.4 Å². The summed E-state index contributed by atoms with van der Waals surface area (Å²) in [5.74, 6) is 0.413. The highest BCUT2D eigenvalue weighted by atomic mass is 16.5. The number of amides is 1. The number of benzene rings is 3. The van der Waals surface area contributed by atoms with E-state index in [-0.39, 0.29) is 18.7 Å². The first-order valence-corrected chi connectivity index (χ1v) is 11.9. The maximum Gasteiger partial charge on any atom is 0.264 e.